The van der Waals surface area contributed by atoms with Crippen molar-refractivity contribution >= 4 is 54.3 Å². The maximum absolute atomic E-state index is 5.70. The molecule has 318 valence electrons. The van der Waals surface area contributed by atoms with Crippen LogP contribution < -0.4 is 0 Å². The van der Waals surface area contributed by atoms with Crippen LogP contribution in [-0.4, -0.2) is 14.5 Å². The molecule has 13 aromatic rings. The Kier molecular flexibility index (Phi) is 7.21. The van der Waals surface area contributed by atoms with Gasteiger partial charge in [0.2, 0.25) is 5.95 Å². The van der Waals surface area contributed by atoms with Crippen LogP contribution in [-0.2, 0) is 10.8 Å². The quantitative estimate of drug-likeness (QED) is 0.173. The molecule has 0 unspecified atom stereocenters. The second-order valence-corrected chi connectivity index (χ2v) is 19.1. The van der Waals surface area contributed by atoms with Gasteiger partial charge in [-0.25, -0.2) is 9.97 Å². The van der Waals surface area contributed by atoms with Crippen LogP contribution in [0.2, 0.25) is 0 Å². The van der Waals surface area contributed by atoms with E-state index in [1.807, 2.05) is 0 Å². The molecule has 3 aliphatic rings. The van der Waals surface area contributed by atoms with E-state index in [4.69, 9.17) is 9.97 Å². The molecule has 2 spiro atoms. The Labute approximate surface area is 398 Å². The van der Waals surface area contributed by atoms with Crippen LogP contribution in [0.5, 0.6) is 0 Å². The standard InChI is InChI=1S/C66H39N3/c1-2-19-42-39-43(34-33-40(42)17-1)62-48-24-8-16-32-58(48)67-64(68-62)69-59-38-35-41-18-3-4-20-44(41)60(59)49-36-37-57-61(63(49)69)47-23-7-11-27-52(47)66(57)55-30-14-12-28-53(55)65(54-29-13-15-31-56(54)66)50-25-9-5-21-45(50)46-22-6-10-26-51(46)65/h1-39H. The van der Waals surface area contributed by atoms with Gasteiger partial charge in [-0.3, -0.25) is 4.57 Å². The Morgan fingerprint density at radius 2 is 0.841 bits per heavy atom. The Hall–Kier alpha value is -8.92. The van der Waals surface area contributed by atoms with Crippen molar-refractivity contribution < 1.29 is 0 Å². The van der Waals surface area contributed by atoms with Crippen molar-refractivity contribution in [2.75, 3.05) is 0 Å². The molecule has 3 nitrogen and oxygen atoms in total. The molecule has 0 aliphatic heterocycles. The molecule has 2 aromatic heterocycles. The fourth-order valence-corrected chi connectivity index (χ4v) is 13.5. The lowest BCUT2D eigenvalue weighted by Crippen LogP contribution is -2.43. The van der Waals surface area contributed by atoms with Gasteiger partial charge in [0, 0.05) is 27.3 Å². The van der Waals surface area contributed by atoms with Crippen LogP contribution in [0.15, 0.2) is 237 Å². The molecule has 11 aromatic carbocycles. The minimum absolute atomic E-state index is 0.515. The molecule has 69 heavy (non-hydrogen) atoms. The molecule has 0 amide bonds. The third-order valence-corrected chi connectivity index (χ3v) is 16.1. The Bertz CT molecular complexity index is 4310. The summed E-state index contributed by atoms with van der Waals surface area (Å²) in [5.41, 5.74) is 19.5. The van der Waals surface area contributed by atoms with Crippen LogP contribution in [0.4, 0.5) is 0 Å². The van der Waals surface area contributed by atoms with Crippen molar-refractivity contribution in [3.8, 4) is 39.5 Å². The second kappa shape index (κ2) is 13.4. The van der Waals surface area contributed by atoms with E-state index in [0.29, 0.717) is 5.95 Å². The zero-order valence-corrected chi connectivity index (χ0v) is 37.4. The summed E-state index contributed by atoms with van der Waals surface area (Å²) < 4.78 is 2.40. The number of hydrogen-bond acceptors (Lipinski definition) is 2. The van der Waals surface area contributed by atoms with Gasteiger partial charge in [0.25, 0.3) is 0 Å². The first-order chi connectivity index (χ1) is 34.2. The molecule has 0 bridgehead atoms. The predicted molar refractivity (Wildman–Crippen MR) is 282 cm³/mol. The first-order valence-corrected chi connectivity index (χ1v) is 24.0. The van der Waals surface area contributed by atoms with Gasteiger partial charge in [-0.2, -0.15) is 0 Å². The summed E-state index contributed by atoms with van der Waals surface area (Å²) in [6.45, 7) is 0. The second-order valence-electron chi connectivity index (χ2n) is 19.1. The monoisotopic (exact) mass is 873 g/mol. The van der Waals surface area contributed by atoms with E-state index in [1.165, 1.54) is 99.1 Å². The smallest absolute Gasteiger partial charge is 0.235 e. The maximum atomic E-state index is 5.70. The summed E-state index contributed by atoms with van der Waals surface area (Å²) in [6, 6.07) is 88.1. The van der Waals surface area contributed by atoms with Crippen molar-refractivity contribution in [2.24, 2.45) is 0 Å². The molecular formula is C66H39N3. The predicted octanol–water partition coefficient (Wildman–Crippen LogP) is 15.7. The van der Waals surface area contributed by atoms with Crippen molar-refractivity contribution in [1.82, 2.24) is 14.5 Å². The Morgan fingerprint density at radius 3 is 1.52 bits per heavy atom. The fourth-order valence-electron chi connectivity index (χ4n) is 13.5. The number of rotatable bonds is 2. The summed E-state index contributed by atoms with van der Waals surface area (Å²) in [7, 11) is 0. The normalized spacial score (nSPS) is 14.3. The first kappa shape index (κ1) is 37.2. The first-order valence-electron chi connectivity index (χ1n) is 24.0. The van der Waals surface area contributed by atoms with Gasteiger partial charge in [-0.1, -0.05) is 218 Å². The Balaban J connectivity index is 1.07. The molecule has 3 heteroatoms. The van der Waals surface area contributed by atoms with Crippen molar-refractivity contribution in [3.05, 3.63) is 281 Å². The van der Waals surface area contributed by atoms with Crippen LogP contribution >= 0.6 is 0 Å². The zero-order chi connectivity index (χ0) is 45.0. The third kappa shape index (κ3) is 4.53. The highest BCUT2D eigenvalue weighted by atomic mass is 15.2. The molecule has 0 fully saturated rings. The highest BCUT2D eigenvalue weighted by Gasteiger charge is 2.59. The van der Waals surface area contributed by atoms with E-state index in [0.717, 1.165) is 33.2 Å². The topological polar surface area (TPSA) is 30.7 Å². The highest BCUT2D eigenvalue weighted by molar-refractivity contribution is 6.24. The molecule has 0 N–H and O–H groups in total. The van der Waals surface area contributed by atoms with Crippen LogP contribution in [0, 0.1) is 0 Å². The van der Waals surface area contributed by atoms with Crippen LogP contribution in [0.3, 0.4) is 0 Å². The van der Waals surface area contributed by atoms with Gasteiger partial charge < -0.3 is 0 Å². The molecule has 3 aliphatic carbocycles. The molecule has 0 atom stereocenters. The van der Waals surface area contributed by atoms with Gasteiger partial charge in [-0.15, -0.1) is 0 Å². The summed E-state index contributed by atoms with van der Waals surface area (Å²) in [4.78, 5) is 11.2. The SMILES string of the molecule is c1ccc2c(c1)-c1ccccc1C21c2ccccc2C2(c3ccccc3-c3c2ccc2c4c5ccccc5ccc4n(-c4nc(-c5ccc6ccccc6c5)c5ccccc5n4)c32)c2ccccc21. The van der Waals surface area contributed by atoms with Crippen molar-refractivity contribution in [2.45, 2.75) is 10.8 Å². The van der Waals surface area contributed by atoms with Crippen molar-refractivity contribution in [1.29, 1.82) is 0 Å². The number of para-hydroxylation sites is 1. The van der Waals surface area contributed by atoms with E-state index >= 15 is 0 Å². The summed E-state index contributed by atoms with van der Waals surface area (Å²) >= 11 is 0. The highest BCUT2D eigenvalue weighted by Crippen LogP contribution is 2.68. The van der Waals surface area contributed by atoms with Gasteiger partial charge in [0.15, 0.2) is 0 Å². The van der Waals surface area contributed by atoms with Crippen molar-refractivity contribution in [3.63, 3.8) is 0 Å². The largest absolute Gasteiger partial charge is 0.277 e. The van der Waals surface area contributed by atoms with Gasteiger partial charge in [-0.05, 0) is 101 Å². The fraction of sp³-hybridized carbons (Fsp3) is 0.0303. The molecule has 0 radical (unpaired) electrons. The molecular weight excluding hydrogens is 835 g/mol. The summed E-state index contributed by atoms with van der Waals surface area (Å²) in [5.74, 6) is 0.654. The Morgan fingerprint density at radius 1 is 0.333 bits per heavy atom. The maximum Gasteiger partial charge on any atom is 0.235 e. The van der Waals surface area contributed by atoms with E-state index in [9.17, 15) is 0 Å². The average molecular weight is 874 g/mol. The number of nitrogens with zero attached hydrogens (tertiary/aromatic N) is 3. The van der Waals surface area contributed by atoms with Gasteiger partial charge >= 0.3 is 0 Å². The number of benzene rings is 11. The van der Waals surface area contributed by atoms with Crippen LogP contribution in [0.1, 0.15) is 44.5 Å². The van der Waals surface area contributed by atoms with E-state index in [1.54, 1.807) is 0 Å². The summed E-state index contributed by atoms with van der Waals surface area (Å²) in [5, 5.41) is 8.22. The molecule has 16 rings (SSSR count). The lowest BCUT2D eigenvalue weighted by Gasteiger charge is -2.48. The molecule has 2 heterocycles. The lowest BCUT2D eigenvalue weighted by atomic mass is 9.52. The van der Waals surface area contributed by atoms with E-state index in [2.05, 4.69) is 241 Å². The molecule has 0 saturated heterocycles. The van der Waals surface area contributed by atoms with E-state index < -0.39 is 10.8 Å². The minimum atomic E-state index is -0.644. The number of hydrogen-bond donors (Lipinski definition) is 0. The van der Waals surface area contributed by atoms with Gasteiger partial charge in [0.1, 0.15) is 0 Å². The minimum Gasteiger partial charge on any atom is -0.277 e. The van der Waals surface area contributed by atoms with E-state index in [-0.39, 0.29) is 0 Å². The third-order valence-electron chi connectivity index (χ3n) is 16.1. The molecule has 0 saturated carbocycles. The zero-order valence-electron chi connectivity index (χ0n) is 37.4. The van der Waals surface area contributed by atoms with Gasteiger partial charge in [0.05, 0.1) is 33.1 Å². The number of aromatic nitrogens is 3. The average Bonchev–Trinajstić information content (AvgIpc) is 4.03. The van der Waals surface area contributed by atoms with Crippen LogP contribution in [0.25, 0.3) is 93.7 Å². The lowest BCUT2D eigenvalue weighted by molar-refractivity contribution is 0.633. The number of fused-ring (bicyclic) bond motifs is 24. The summed E-state index contributed by atoms with van der Waals surface area (Å²) in [6.07, 6.45) is 0.